The zero-order valence-electron chi connectivity index (χ0n) is 13.6. The number of nitrogens with zero attached hydrogens (tertiary/aromatic N) is 3. The summed E-state index contributed by atoms with van der Waals surface area (Å²) < 4.78 is 1.99. The monoisotopic (exact) mass is 278 g/mol. The summed E-state index contributed by atoms with van der Waals surface area (Å²) in [6.45, 7) is 11.3. The Bertz CT molecular complexity index is 416. The second-order valence-electron chi connectivity index (χ2n) is 6.12. The maximum atomic E-state index is 4.49. The number of piperidine rings is 1. The van der Waals surface area contributed by atoms with Gasteiger partial charge in [0.2, 0.25) is 0 Å². The number of hydrogen-bond donors (Lipinski definition) is 1. The van der Waals surface area contributed by atoms with Crippen LogP contribution in [-0.4, -0.2) is 40.4 Å². The summed E-state index contributed by atoms with van der Waals surface area (Å²) >= 11 is 0. The highest BCUT2D eigenvalue weighted by Gasteiger charge is 2.19. The van der Waals surface area contributed by atoms with Crippen LogP contribution >= 0.6 is 0 Å². The molecular weight excluding hydrogens is 248 g/mol. The first kappa shape index (κ1) is 15.5. The van der Waals surface area contributed by atoms with Crippen molar-refractivity contribution in [2.45, 2.75) is 59.0 Å². The third-order valence-corrected chi connectivity index (χ3v) is 4.64. The Morgan fingerprint density at radius 1 is 1.25 bits per heavy atom. The largest absolute Gasteiger partial charge is 0.310 e. The van der Waals surface area contributed by atoms with E-state index in [9.17, 15) is 0 Å². The number of unbranched alkanes of at least 4 members (excludes halogenated alkanes) is 1. The Hall–Kier alpha value is -0.870. The molecule has 4 heteroatoms. The number of likely N-dealkylation sites (tertiary alicyclic amines) is 1. The lowest BCUT2D eigenvalue weighted by molar-refractivity contribution is 0.195. The molecule has 0 saturated carbocycles. The Morgan fingerprint density at radius 3 is 2.50 bits per heavy atom. The molecule has 114 valence electrons. The lowest BCUT2D eigenvalue weighted by Crippen LogP contribution is -2.42. The first-order valence-corrected chi connectivity index (χ1v) is 8.06. The van der Waals surface area contributed by atoms with Gasteiger partial charge in [-0.1, -0.05) is 13.3 Å². The fourth-order valence-electron chi connectivity index (χ4n) is 3.06. The fraction of sp³-hybridized carbons (Fsp3) is 0.812. The maximum Gasteiger partial charge on any atom is 0.0641 e. The Morgan fingerprint density at radius 2 is 1.95 bits per heavy atom. The van der Waals surface area contributed by atoms with Crippen LogP contribution in [0.3, 0.4) is 0 Å². The van der Waals surface area contributed by atoms with Crippen LogP contribution in [0.2, 0.25) is 0 Å². The van der Waals surface area contributed by atoms with E-state index >= 15 is 0 Å². The van der Waals surface area contributed by atoms with Gasteiger partial charge in [-0.05, 0) is 52.7 Å². The van der Waals surface area contributed by atoms with Gasteiger partial charge in [-0.3, -0.25) is 4.68 Å². The van der Waals surface area contributed by atoms with E-state index in [-0.39, 0.29) is 0 Å². The van der Waals surface area contributed by atoms with Crippen LogP contribution in [0.25, 0.3) is 0 Å². The lowest BCUT2D eigenvalue weighted by atomic mass is 10.0. The molecule has 1 aromatic rings. The van der Waals surface area contributed by atoms with Crippen LogP contribution in [-0.2, 0) is 13.6 Å². The average Bonchev–Trinajstić information content (AvgIpc) is 2.69. The number of nitrogens with one attached hydrogen (secondary N) is 1. The summed E-state index contributed by atoms with van der Waals surface area (Å²) in [7, 11) is 2.03. The van der Waals surface area contributed by atoms with Gasteiger partial charge in [0.25, 0.3) is 0 Å². The molecule has 0 unspecified atom stereocenters. The lowest BCUT2D eigenvalue weighted by Gasteiger charge is -2.32. The van der Waals surface area contributed by atoms with Crippen LogP contribution in [0, 0.1) is 13.8 Å². The molecule has 0 aliphatic carbocycles. The Kier molecular flexibility index (Phi) is 5.61. The van der Waals surface area contributed by atoms with Gasteiger partial charge in [0.1, 0.15) is 0 Å². The van der Waals surface area contributed by atoms with Crippen LogP contribution in [0.5, 0.6) is 0 Å². The van der Waals surface area contributed by atoms with Crippen LogP contribution < -0.4 is 5.32 Å². The number of aryl methyl sites for hydroxylation is 2. The molecule has 0 bridgehead atoms. The third kappa shape index (κ3) is 3.83. The molecule has 1 aliphatic heterocycles. The van der Waals surface area contributed by atoms with Crippen molar-refractivity contribution >= 4 is 0 Å². The second kappa shape index (κ2) is 7.23. The van der Waals surface area contributed by atoms with Gasteiger partial charge in [-0.25, -0.2) is 0 Å². The highest BCUT2D eigenvalue weighted by Crippen LogP contribution is 2.15. The van der Waals surface area contributed by atoms with Crippen molar-refractivity contribution in [1.82, 2.24) is 20.0 Å². The molecule has 1 aromatic heterocycles. The first-order chi connectivity index (χ1) is 9.61. The van der Waals surface area contributed by atoms with Gasteiger partial charge >= 0.3 is 0 Å². The molecule has 0 spiro atoms. The summed E-state index contributed by atoms with van der Waals surface area (Å²) in [5.41, 5.74) is 3.83. The number of rotatable bonds is 6. The predicted molar refractivity (Wildman–Crippen MR) is 83.9 cm³/mol. The molecule has 1 N–H and O–H groups in total. The van der Waals surface area contributed by atoms with Crippen LogP contribution in [0.1, 0.15) is 49.6 Å². The second-order valence-corrected chi connectivity index (χ2v) is 6.12. The van der Waals surface area contributed by atoms with Crippen molar-refractivity contribution in [2.24, 2.45) is 7.05 Å². The zero-order chi connectivity index (χ0) is 14.5. The van der Waals surface area contributed by atoms with Gasteiger partial charge in [-0.15, -0.1) is 0 Å². The molecule has 0 aromatic carbocycles. The smallest absolute Gasteiger partial charge is 0.0641 e. The average molecular weight is 278 g/mol. The summed E-state index contributed by atoms with van der Waals surface area (Å²) in [6, 6.07) is 0.673. The van der Waals surface area contributed by atoms with Crippen molar-refractivity contribution in [3.05, 3.63) is 17.0 Å². The molecule has 1 aliphatic rings. The molecule has 4 nitrogen and oxygen atoms in total. The Labute approximate surface area is 123 Å². The maximum absolute atomic E-state index is 4.49. The summed E-state index contributed by atoms with van der Waals surface area (Å²) in [5, 5.41) is 8.22. The molecule has 1 fully saturated rings. The summed E-state index contributed by atoms with van der Waals surface area (Å²) in [6.07, 6.45) is 5.20. The quantitative estimate of drug-likeness (QED) is 0.867. The minimum atomic E-state index is 0.673. The third-order valence-electron chi connectivity index (χ3n) is 4.64. The normalized spacial score (nSPS) is 17.8. The van der Waals surface area contributed by atoms with E-state index in [2.05, 4.69) is 36.1 Å². The van der Waals surface area contributed by atoms with Crippen molar-refractivity contribution < 1.29 is 0 Å². The van der Waals surface area contributed by atoms with E-state index in [0.717, 1.165) is 12.2 Å². The molecular formula is C16H30N4. The fourth-order valence-corrected chi connectivity index (χ4v) is 3.06. The van der Waals surface area contributed by atoms with E-state index in [1.807, 2.05) is 11.7 Å². The van der Waals surface area contributed by atoms with E-state index in [4.69, 9.17) is 0 Å². The molecule has 1 saturated heterocycles. The van der Waals surface area contributed by atoms with Crippen molar-refractivity contribution in [1.29, 1.82) is 0 Å². The SMILES string of the molecule is CCCCN1CCC(NCc2c(C)nn(C)c2C)CC1. The molecule has 2 heterocycles. The zero-order valence-corrected chi connectivity index (χ0v) is 13.6. The number of aromatic nitrogens is 2. The molecule has 0 radical (unpaired) electrons. The standard InChI is InChI=1S/C16H30N4/c1-5-6-9-20-10-7-15(8-11-20)17-12-16-13(2)18-19(4)14(16)3/h15,17H,5-12H2,1-4H3. The van der Waals surface area contributed by atoms with Gasteiger partial charge in [0.15, 0.2) is 0 Å². The van der Waals surface area contributed by atoms with Crippen LogP contribution in [0.4, 0.5) is 0 Å². The van der Waals surface area contributed by atoms with Gasteiger partial charge < -0.3 is 10.2 Å². The van der Waals surface area contributed by atoms with E-state index < -0.39 is 0 Å². The molecule has 0 atom stereocenters. The Balaban J connectivity index is 1.76. The highest BCUT2D eigenvalue weighted by molar-refractivity contribution is 5.24. The van der Waals surface area contributed by atoms with Gasteiger partial charge in [0, 0.05) is 30.9 Å². The van der Waals surface area contributed by atoms with Gasteiger partial charge in [-0.2, -0.15) is 5.10 Å². The van der Waals surface area contributed by atoms with Crippen molar-refractivity contribution in [3.8, 4) is 0 Å². The molecule has 0 amide bonds. The molecule has 20 heavy (non-hydrogen) atoms. The summed E-state index contributed by atoms with van der Waals surface area (Å²) in [4.78, 5) is 2.61. The highest BCUT2D eigenvalue weighted by atomic mass is 15.3. The van der Waals surface area contributed by atoms with E-state index in [1.54, 1.807) is 0 Å². The predicted octanol–water partition coefficient (Wildman–Crippen LogP) is 2.39. The van der Waals surface area contributed by atoms with Gasteiger partial charge in [0.05, 0.1) is 5.69 Å². The van der Waals surface area contributed by atoms with E-state index in [1.165, 1.54) is 56.6 Å². The minimum Gasteiger partial charge on any atom is -0.310 e. The number of hydrogen-bond acceptors (Lipinski definition) is 3. The van der Waals surface area contributed by atoms with Crippen molar-refractivity contribution in [3.63, 3.8) is 0 Å². The summed E-state index contributed by atoms with van der Waals surface area (Å²) in [5.74, 6) is 0. The van der Waals surface area contributed by atoms with E-state index in [0.29, 0.717) is 6.04 Å². The molecule has 2 rings (SSSR count). The first-order valence-electron chi connectivity index (χ1n) is 8.06. The topological polar surface area (TPSA) is 33.1 Å². The minimum absolute atomic E-state index is 0.673. The van der Waals surface area contributed by atoms with Crippen molar-refractivity contribution in [2.75, 3.05) is 19.6 Å². The van der Waals surface area contributed by atoms with Crippen LogP contribution in [0.15, 0.2) is 0 Å².